The fraction of sp³-hybridized carbons (Fsp3) is 0.286. The molecule has 29 heavy (non-hydrogen) atoms. The number of aryl methyl sites for hydroxylation is 1. The number of benzene rings is 1. The van der Waals surface area contributed by atoms with Gasteiger partial charge in [-0.25, -0.2) is 4.79 Å². The van der Waals surface area contributed by atoms with Crippen LogP contribution in [0, 0.1) is 0 Å². The molecular formula is C21H23N3O4S. The molecule has 1 amide bonds. The van der Waals surface area contributed by atoms with Gasteiger partial charge in [-0.15, -0.1) is 11.3 Å². The van der Waals surface area contributed by atoms with Gasteiger partial charge in [0, 0.05) is 20.1 Å². The van der Waals surface area contributed by atoms with E-state index in [2.05, 4.69) is 5.32 Å². The molecular weight excluding hydrogens is 390 g/mol. The molecule has 7 nitrogen and oxygen atoms in total. The summed E-state index contributed by atoms with van der Waals surface area (Å²) in [5, 5.41) is 3.21. The van der Waals surface area contributed by atoms with Gasteiger partial charge in [0.05, 0.1) is 17.4 Å². The van der Waals surface area contributed by atoms with Gasteiger partial charge >= 0.3 is 5.69 Å². The lowest BCUT2D eigenvalue weighted by atomic mass is 10.2. The predicted molar refractivity (Wildman–Crippen MR) is 115 cm³/mol. The van der Waals surface area contributed by atoms with Crippen molar-refractivity contribution in [3.05, 3.63) is 73.3 Å². The second-order valence-electron chi connectivity index (χ2n) is 6.90. The van der Waals surface area contributed by atoms with Crippen molar-refractivity contribution in [1.29, 1.82) is 0 Å². The van der Waals surface area contributed by atoms with E-state index in [1.807, 2.05) is 44.2 Å². The summed E-state index contributed by atoms with van der Waals surface area (Å²) in [6, 6.07) is 8.97. The third-order valence-electron chi connectivity index (χ3n) is 4.50. The van der Waals surface area contributed by atoms with Crippen molar-refractivity contribution >= 4 is 27.5 Å². The van der Waals surface area contributed by atoms with E-state index in [4.69, 9.17) is 4.74 Å². The van der Waals surface area contributed by atoms with Crippen molar-refractivity contribution in [3.63, 3.8) is 0 Å². The first-order valence-electron chi connectivity index (χ1n) is 9.09. The van der Waals surface area contributed by atoms with Crippen LogP contribution >= 0.6 is 11.3 Å². The standard InChI is InChI=1S/C21H23N3O4S/c1-13(2)8-9-24-19(26)16-11-17(29-20(16)23(3)21(24)27)18(25)22-12-14-6-5-7-15(10-14)28-4/h5-8,10-11H,9,12H2,1-4H3,(H,22,25). The predicted octanol–water partition coefficient (Wildman–Crippen LogP) is 2.67. The maximum Gasteiger partial charge on any atom is 0.332 e. The van der Waals surface area contributed by atoms with E-state index in [1.54, 1.807) is 20.2 Å². The summed E-state index contributed by atoms with van der Waals surface area (Å²) < 4.78 is 7.78. The second-order valence-corrected chi connectivity index (χ2v) is 7.93. The number of fused-ring (bicyclic) bond motifs is 1. The third kappa shape index (κ3) is 4.32. The number of aromatic nitrogens is 2. The van der Waals surface area contributed by atoms with Gasteiger partial charge < -0.3 is 10.1 Å². The lowest BCUT2D eigenvalue weighted by molar-refractivity contribution is 0.0955. The zero-order valence-electron chi connectivity index (χ0n) is 16.8. The zero-order valence-corrected chi connectivity index (χ0v) is 17.6. The molecule has 152 valence electrons. The van der Waals surface area contributed by atoms with Crippen LogP contribution in [-0.2, 0) is 20.1 Å². The minimum Gasteiger partial charge on any atom is -0.497 e. The van der Waals surface area contributed by atoms with E-state index in [-0.39, 0.29) is 18.0 Å². The molecule has 0 spiro atoms. The molecule has 2 aromatic heterocycles. The van der Waals surface area contributed by atoms with Crippen LogP contribution in [0.5, 0.6) is 5.75 Å². The molecule has 0 saturated heterocycles. The van der Waals surface area contributed by atoms with Crippen molar-refractivity contribution in [2.45, 2.75) is 26.9 Å². The van der Waals surface area contributed by atoms with Crippen LogP contribution in [0.25, 0.3) is 10.2 Å². The number of amides is 1. The number of carbonyl (C=O) groups is 1. The first kappa shape index (κ1) is 20.6. The number of ether oxygens (including phenoxy) is 1. The van der Waals surface area contributed by atoms with E-state index >= 15 is 0 Å². The fourth-order valence-electron chi connectivity index (χ4n) is 2.88. The lowest BCUT2D eigenvalue weighted by Gasteiger charge is -2.06. The Hall–Kier alpha value is -3.13. The minimum absolute atomic E-state index is 0.205. The van der Waals surface area contributed by atoms with Gasteiger partial charge in [0.2, 0.25) is 0 Å². The topological polar surface area (TPSA) is 82.3 Å². The van der Waals surface area contributed by atoms with E-state index < -0.39 is 5.69 Å². The van der Waals surface area contributed by atoms with Crippen LogP contribution in [0.2, 0.25) is 0 Å². The Bertz CT molecular complexity index is 1210. The van der Waals surface area contributed by atoms with Crippen LogP contribution in [0.1, 0.15) is 29.1 Å². The fourth-order valence-corrected chi connectivity index (χ4v) is 3.90. The average molecular weight is 413 g/mol. The molecule has 0 aliphatic heterocycles. The Balaban J connectivity index is 1.90. The van der Waals surface area contributed by atoms with Crippen molar-refractivity contribution in [2.24, 2.45) is 7.05 Å². The highest BCUT2D eigenvalue weighted by Crippen LogP contribution is 2.22. The van der Waals surface area contributed by atoms with E-state index in [0.717, 1.165) is 22.5 Å². The van der Waals surface area contributed by atoms with E-state index in [0.29, 0.717) is 27.4 Å². The number of hydrogen-bond acceptors (Lipinski definition) is 5. The highest BCUT2D eigenvalue weighted by Gasteiger charge is 2.17. The first-order chi connectivity index (χ1) is 13.8. The molecule has 3 aromatic rings. The average Bonchev–Trinajstić information content (AvgIpc) is 3.16. The molecule has 8 heteroatoms. The van der Waals surface area contributed by atoms with Crippen molar-refractivity contribution in [3.8, 4) is 5.75 Å². The molecule has 0 bridgehead atoms. The molecule has 3 rings (SSSR count). The van der Waals surface area contributed by atoms with Gasteiger partial charge in [0.1, 0.15) is 10.6 Å². The Kier molecular flexibility index (Phi) is 6.03. The summed E-state index contributed by atoms with van der Waals surface area (Å²) in [6.45, 7) is 4.35. The summed E-state index contributed by atoms with van der Waals surface area (Å²) in [7, 11) is 3.20. The van der Waals surface area contributed by atoms with E-state index in [1.165, 1.54) is 9.13 Å². The summed E-state index contributed by atoms with van der Waals surface area (Å²) in [5.74, 6) is 0.419. The Labute approximate surface area is 171 Å². The highest BCUT2D eigenvalue weighted by molar-refractivity contribution is 7.20. The zero-order chi connectivity index (χ0) is 21.1. The maximum atomic E-state index is 12.8. The molecule has 1 N–H and O–H groups in total. The van der Waals surface area contributed by atoms with Crippen LogP contribution in [0.3, 0.4) is 0 Å². The smallest absolute Gasteiger partial charge is 0.332 e. The Morgan fingerprint density at radius 3 is 2.69 bits per heavy atom. The van der Waals surface area contributed by atoms with Crippen molar-refractivity contribution in [1.82, 2.24) is 14.5 Å². The van der Waals surface area contributed by atoms with Gasteiger partial charge in [-0.2, -0.15) is 0 Å². The van der Waals surface area contributed by atoms with Gasteiger partial charge in [0.25, 0.3) is 11.5 Å². The monoisotopic (exact) mass is 413 g/mol. The minimum atomic E-state index is -0.398. The number of carbonyl (C=O) groups excluding carboxylic acids is 1. The summed E-state index contributed by atoms with van der Waals surface area (Å²) in [4.78, 5) is 38.8. The molecule has 0 saturated carbocycles. The number of nitrogens with zero attached hydrogens (tertiary/aromatic N) is 2. The quantitative estimate of drug-likeness (QED) is 0.630. The lowest BCUT2D eigenvalue weighted by Crippen LogP contribution is -2.38. The number of thiophene rings is 1. The van der Waals surface area contributed by atoms with Gasteiger partial charge in [-0.1, -0.05) is 23.8 Å². The molecule has 0 unspecified atom stereocenters. The van der Waals surface area contributed by atoms with Crippen LogP contribution < -0.4 is 21.3 Å². The number of hydrogen-bond donors (Lipinski definition) is 1. The number of methoxy groups -OCH3 is 1. The molecule has 0 aliphatic rings. The van der Waals surface area contributed by atoms with Crippen molar-refractivity contribution in [2.75, 3.05) is 7.11 Å². The van der Waals surface area contributed by atoms with Crippen molar-refractivity contribution < 1.29 is 9.53 Å². The molecule has 0 aliphatic carbocycles. The molecule has 0 atom stereocenters. The number of rotatable bonds is 6. The van der Waals surface area contributed by atoms with E-state index in [9.17, 15) is 14.4 Å². The van der Waals surface area contributed by atoms with Gasteiger partial charge in [-0.3, -0.25) is 18.7 Å². The van der Waals surface area contributed by atoms with Gasteiger partial charge in [0.15, 0.2) is 0 Å². The largest absolute Gasteiger partial charge is 0.497 e. The Morgan fingerprint density at radius 1 is 1.24 bits per heavy atom. The molecule has 2 heterocycles. The first-order valence-corrected chi connectivity index (χ1v) is 9.91. The molecule has 1 aromatic carbocycles. The third-order valence-corrected chi connectivity index (χ3v) is 5.71. The summed E-state index contributed by atoms with van der Waals surface area (Å²) >= 11 is 1.13. The summed E-state index contributed by atoms with van der Waals surface area (Å²) in [6.07, 6.45) is 1.82. The SMILES string of the molecule is COc1cccc(CNC(=O)c2cc3c(=O)n(CC=C(C)C)c(=O)n(C)c3s2)c1. The second kappa shape index (κ2) is 8.48. The summed E-state index contributed by atoms with van der Waals surface area (Å²) in [5.41, 5.74) is 1.13. The van der Waals surface area contributed by atoms with Crippen LogP contribution in [0.15, 0.2) is 51.6 Å². The van der Waals surface area contributed by atoms with Crippen LogP contribution in [-0.4, -0.2) is 22.2 Å². The normalized spacial score (nSPS) is 10.8. The number of nitrogens with one attached hydrogen (secondary N) is 1. The molecule has 0 radical (unpaired) electrons. The maximum absolute atomic E-state index is 12.8. The Morgan fingerprint density at radius 2 is 2.00 bits per heavy atom. The number of allylic oxidation sites excluding steroid dienone is 2. The van der Waals surface area contributed by atoms with Gasteiger partial charge in [-0.05, 0) is 37.6 Å². The highest BCUT2D eigenvalue weighted by atomic mass is 32.1. The molecule has 0 fully saturated rings. The van der Waals surface area contributed by atoms with Crippen LogP contribution in [0.4, 0.5) is 0 Å².